The molecular formula is C46H45Cl4N9O4S. The predicted octanol–water partition coefficient (Wildman–Crippen LogP) is 9.74. The average Bonchev–Trinajstić information content (AvgIpc) is 3.81. The van der Waals surface area contributed by atoms with E-state index in [1.54, 1.807) is 70.0 Å². The molecule has 6 aromatic rings. The second kappa shape index (κ2) is 21.1. The van der Waals surface area contributed by atoms with E-state index in [1.807, 2.05) is 48.1 Å². The Kier molecular flexibility index (Phi) is 15.4. The highest BCUT2D eigenvalue weighted by molar-refractivity contribution is 7.80. The first-order chi connectivity index (χ1) is 30.8. The van der Waals surface area contributed by atoms with Crippen LogP contribution in [-0.4, -0.2) is 79.0 Å². The van der Waals surface area contributed by atoms with Crippen LogP contribution in [0.1, 0.15) is 76.2 Å². The molecule has 4 N–H and O–H groups in total. The van der Waals surface area contributed by atoms with E-state index in [9.17, 15) is 14.4 Å². The Balaban J connectivity index is 0.000000191. The fraction of sp³-hybridized carbons (Fsp3) is 0.261. The molecule has 2 aliphatic rings. The summed E-state index contributed by atoms with van der Waals surface area (Å²) in [5.41, 5.74) is 18.9. The first-order valence-corrected chi connectivity index (χ1v) is 22.6. The number of nitrogens with one attached hydrogen (secondary N) is 2. The average molecular weight is 962 g/mol. The predicted molar refractivity (Wildman–Crippen MR) is 256 cm³/mol. The van der Waals surface area contributed by atoms with Crippen molar-refractivity contribution >= 4 is 81.9 Å². The summed E-state index contributed by atoms with van der Waals surface area (Å²) in [6.45, 7) is 7.42. The molecule has 64 heavy (non-hydrogen) atoms. The topological polar surface area (TPSA) is 153 Å². The Bertz CT molecular complexity index is 2680. The van der Waals surface area contributed by atoms with Gasteiger partial charge < -0.3 is 10.5 Å². The molecular weight excluding hydrogens is 916 g/mol. The number of nitrogens with two attached hydrogens (primary N) is 1. The van der Waals surface area contributed by atoms with Crippen LogP contribution < -0.4 is 21.3 Å². The van der Waals surface area contributed by atoms with E-state index in [1.165, 1.54) is 12.8 Å². The second-order valence-corrected chi connectivity index (χ2v) is 17.4. The Morgan fingerprint density at radius 3 is 1.42 bits per heavy atom. The summed E-state index contributed by atoms with van der Waals surface area (Å²) in [6, 6.07) is 24.8. The lowest BCUT2D eigenvalue weighted by molar-refractivity contribution is -0.120. The molecule has 2 aliphatic heterocycles. The number of benzene rings is 4. The van der Waals surface area contributed by atoms with Gasteiger partial charge in [-0.15, -0.1) is 0 Å². The smallest absolute Gasteiger partial charge is 0.298 e. The molecule has 13 nitrogen and oxygen atoms in total. The molecule has 2 saturated heterocycles. The lowest BCUT2D eigenvalue weighted by atomic mass is 10.0. The van der Waals surface area contributed by atoms with E-state index in [0.717, 1.165) is 79.8 Å². The minimum atomic E-state index is -0.268. The molecule has 2 aromatic heterocycles. The largest absolute Gasteiger partial charge is 0.429 e. The van der Waals surface area contributed by atoms with Crippen molar-refractivity contribution in [3.63, 3.8) is 0 Å². The van der Waals surface area contributed by atoms with Gasteiger partial charge in [-0.2, -0.15) is 10.2 Å². The van der Waals surface area contributed by atoms with Crippen molar-refractivity contribution in [3.05, 3.63) is 133 Å². The number of carbonyl (C=O) groups is 3. The molecule has 0 unspecified atom stereocenters. The first kappa shape index (κ1) is 46.7. The van der Waals surface area contributed by atoms with Crippen LogP contribution in [0.4, 0.5) is 0 Å². The molecule has 2 fully saturated rings. The van der Waals surface area contributed by atoms with Gasteiger partial charge in [-0.3, -0.25) is 25.2 Å². The fourth-order valence-corrected chi connectivity index (χ4v) is 8.81. The highest BCUT2D eigenvalue weighted by Gasteiger charge is 2.27. The lowest BCUT2D eigenvalue weighted by Crippen LogP contribution is -2.45. The van der Waals surface area contributed by atoms with Gasteiger partial charge in [0.1, 0.15) is 10.7 Å². The first-order valence-electron chi connectivity index (χ1n) is 20.7. The van der Waals surface area contributed by atoms with Gasteiger partial charge in [-0.1, -0.05) is 95.7 Å². The van der Waals surface area contributed by atoms with Crippen LogP contribution in [0.15, 0.2) is 84.9 Å². The third-order valence-electron chi connectivity index (χ3n) is 10.9. The number of carbonyl (C=O) groups excluding carboxylic acids is 3. The number of piperidine rings is 2. The van der Waals surface area contributed by atoms with Crippen molar-refractivity contribution in [1.82, 2.24) is 40.4 Å². The third-order valence-corrected chi connectivity index (χ3v) is 12.2. The van der Waals surface area contributed by atoms with Gasteiger partial charge in [0.15, 0.2) is 11.4 Å². The summed E-state index contributed by atoms with van der Waals surface area (Å²) >= 11 is 30.2. The minimum absolute atomic E-state index is 0.241. The summed E-state index contributed by atoms with van der Waals surface area (Å²) < 4.78 is 8.23. The van der Waals surface area contributed by atoms with Crippen LogP contribution in [-0.2, 0) is 4.79 Å². The van der Waals surface area contributed by atoms with E-state index >= 15 is 0 Å². The standard InChI is InChI=1S/C23H23Cl2N5OS.C23H22Cl2N4O3/c1-14-20(23(31)28-29-11-3-2-4-12-29)27-30(19-10-9-17(24)13-18(19)25)21(14)15-5-7-16(8-6-15)22(26)32;1-15-21(23(31)27-28-11-3-2-4-12-28)26-29(20-10-7-17(24)13-19(20)25)22(15)16-5-8-18(9-6-16)32-14-30/h5-10,13H,2-4,11-12H2,1H3,(H2,26,32)(H,28,31);5-10,13-14H,2-4,11-12H2,1H3,(H,27,31). The number of thiocarbonyl (C=S) groups is 1. The van der Waals surface area contributed by atoms with Crippen molar-refractivity contribution in [2.75, 3.05) is 26.2 Å². The normalized spacial score (nSPS) is 14.3. The summed E-state index contributed by atoms with van der Waals surface area (Å²) in [4.78, 5) is 37.2. The number of amides is 2. The third kappa shape index (κ3) is 10.8. The van der Waals surface area contributed by atoms with E-state index in [4.69, 9.17) is 69.1 Å². The number of halogens is 4. The fourth-order valence-electron chi connectivity index (χ4n) is 7.70. The van der Waals surface area contributed by atoms with Gasteiger partial charge in [-0.05, 0) is 100 Å². The Morgan fingerprint density at radius 2 is 1.05 bits per heavy atom. The van der Waals surface area contributed by atoms with E-state index in [0.29, 0.717) is 71.3 Å². The monoisotopic (exact) mass is 959 g/mol. The molecule has 2 amide bonds. The van der Waals surface area contributed by atoms with Gasteiger partial charge in [0.25, 0.3) is 18.3 Å². The molecule has 332 valence electrons. The minimum Gasteiger partial charge on any atom is -0.429 e. The molecule has 4 aromatic carbocycles. The summed E-state index contributed by atoms with van der Waals surface area (Å²) in [7, 11) is 0. The van der Waals surface area contributed by atoms with Gasteiger partial charge >= 0.3 is 0 Å². The molecule has 4 heterocycles. The maximum atomic E-state index is 13.1. The highest BCUT2D eigenvalue weighted by Crippen LogP contribution is 2.35. The molecule has 0 spiro atoms. The van der Waals surface area contributed by atoms with Gasteiger partial charge in [-0.25, -0.2) is 19.4 Å². The number of hydrazine groups is 2. The molecule has 18 heteroatoms. The molecule has 0 radical (unpaired) electrons. The van der Waals surface area contributed by atoms with E-state index in [-0.39, 0.29) is 11.8 Å². The van der Waals surface area contributed by atoms with E-state index in [2.05, 4.69) is 21.0 Å². The number of hydrogen-bond acceptors (Lipinski definition) is 9. The van der Waals surface area contributed by atoms with Crippen LogP contribution >= 0.6 is 58.6 Å². The van der Waals surface area contributed by atoms with Crippen LogP contribution in [0.5, 0.6) is 5.75 Å². The highest BCUT2D eigenvalue weighted by atomic mass is 35.5. The maximum absolute atomic E-state index is 13.1. The van der Waals surface area contributed by atoms with Crippen LogP contribution in [0.2, 0.25) is 20.1 Å². The number of ether oxygens (including phenoxy) is 1. The maximum Gasteiger partial charge on any atom is 0.298 e. The molecule has 0 saturated carbocycles. The molecule has 0 aliphatic carbocycles. The lowest BCUT2D eigenvalue weighted by Gasteiger charge is -2.26. The SMILES string of the molecule is Cc1c(C(=O)NN2CCCCC2)nn(-c2ccc(Cl)cc2Cl)c1-c1ccc(C(N)=S)cc1.Cc1c(C(=O)NN2CCCCC2)nn(-c2ccc(Cl)cc2Cl)c1-c1ccc(OC=O)cc1. The van der Waals surface area contributed by atoms with Gasteiger partial charge in [0.05, 0.1) is 32.8 Å². The van der Waals surface area contributed by atoms with Crippen LogP contribution in [0.3, 0.4) is 0 Å². The molecule has 8 rings (SSSR count). The van der Waals surface area contributed by atoms with Crippen molar-refractivity contribution in [2.45, 2.75) is 52.4 Å². The quantitative estimate of drug-likeness (QED) is 0.0846. The zero-order chi connectivity index (χ0) is 45.5. The Morgan fingerprint density at radius 1 is 0.641 bits per heavy atom. The van der Waals surface area contributed by atoms with Gasteiger partial charge in [0.2, 0.25) is 0 Å². The van der Waals surface area contributed by atoms with Crippen molar-refractivity contribution < 1.29 is 19.1 Å². The van der Waals surface area contributed by atoms with Crippen molar-refractivity contribution in [2.24, 2.45) is 5.73 Å². The number of hydrogen-bond donors (Lipinski definition) is 3. The number of aromatic nitrogens is 4. The van der Waals surface area contributed by atoms with Crippen LogP contribution in [0.25, 0.3) is 33.9 Å². The number of rotatable bonds is 11. The summed E-state index contributed by atoms with van der Waals surface area (Å²) in [5, 5.41) is 15.1. The Labute approximate surface area is 396 Å². The van der Waals surface area contributed by atoms with Crippen molar-refractivity contribution in [3.8, 4) is 39.6 Å². The van der Waals surface area contributed by atoms with Crippen LogP contribution in [0, 0.1) is 13.8 Å². The molecule has 0 atom stereocenters. The Hall–Kier alpha value is -5.32. The van der Waals surface area contributed by atoms with Gasteiger partial charge in [0, 0.05) is 64.0 Å². The zero-order valence-electron chi connectivity index (χ0n) is 35.0. The van der Waals surface area contributed by atoms with Crippen molar-refractivity contribution in [1.29, 1.82) is 0 Å². The summed E-state index contributed by atoms with van der Waals surface area (Å²) in [6.07, 6.45) is 6.58. The number of nitrogens with zero attached hydrogens (tertiary/aromatic N) is 6. The summed E-state index contributed by atoms with van der Waals surface area (Å²) in [5.74, 6) is -0.0929. The molecule has 0 bridgehead atoms. The van der Waals surface area contributed by atoms with E-state index < -0.39 is 0 Å². The second-order valence-electron chi connectivity index (χ2n) is 15.3. The zero-order valence-corrected chi connectivity index (χ0v) is 38.9.